The van der Waals surface area contributed by atoms with Gasteiger partial charge in [-0.1, -0.05) is 18.2 Å². The molecule has 3 aromatic rings. The second-order valence-corrected chi connectivity index (χ2v) is 12.2. The number of methoxy groups -OCH3 is 1. The molecular formula is C33H38N6O6. The number of fused-ring (bicyclic) bond motifs is 3. The first kappa shape index (κ1) is 30.3. The smallest absolute Gasteiger partial charge is 0.330 e. The summed E-state index contributed by atoms with van der Waals surface area (Å²) in [7, 11) is 3.32. The highest BCUT2D eigenvalue weighted by atomic mass is 16.5. The molecule has 0 radical (unpaired) electrons. The first-order chi connectivity index (χ1) is 21.6. The number of rotatable bonds is 5. The summed E-state index contributed by atoms with van der Waals surface area (Å²) < 4.78 is 12.1. The van der Waals surface area contributed by atoms with Crippen LogP contribution in [0, 0.1) is 19.8 Å². The van der Waals surface area contributed by atoms with Crippen molar-refractivity contribution in [3.8, 4) is 23.1 Å². The number of hydrogen-bond acceptors (Lipinski definition) is 8. The number of carbonyl (C=O) groups excluding carboxylic acids is 2. The van der Waals surface area contributed by atoms with E-state index in [4.69, 9.17) is 19.4 Å². The third-order valence-electron chi connectivity index (χ3n) is 9.02. The molecule has 6 rings (SSSR count). The number of carboxylic acids is 1. The Bertz CT molecular complexity index is 1690. The van der Waals surface area contributed by atoms with Crippen molar-refractivity contribution < 1.29 is 29.0 Å². The number of nitrogens with zero attached hydrogens (tertiary/aromatic N) is 5. The van der Waals surface area contributed by atoms with Gasteiger partial charge in [-0.05, 0) is 63.8 Å². The van der Waals surface area contributed by atoms with Crippen LogP contribution in [0.25, 0.3) is 22.4 Å². The highest BCUT2D eigenvalue weighted by Gasteiger charge is 2.61. The Morgan fingerprint density at radius 3 is 2.69 bits per heavy atom. The maximum atomic E-state index is 13.7. The van der Waals surface area contributed by atoms with Gasteiger partial charge >= 0.3 is 12.0 Å². The van der Waals surface area contributed by atoms with E-state index in [9.17, 15) is 19.5 Å². The van der Waals surface area contributed by atoms with Crippen molar-refractivity contribution >= 4 is 28.8 Å². The number of aryl methyl sites for hydroxylation is 2. The van der Waals surface area contributed by atoms with Crippen LogP contribution in [0.15, 0.2) is 42.5 Å². The fourth-order valence-corrected chi connectivity index (χ4v) is 6.33. The number of aliphatic carboxylic acids is 1. The van der Waals surface area contributed by atoms with Gasteiger partial charge in [0.2, 0.25) is 11.8 Å². The summed E-state index contributed by atoms with van der Waals surface area (Å²) in [6, 6.07) is 8.04. The Hall–Kier alpha value is -4.74. The van der Waals surface area contributed by atoms with Crippen molar-refractivity contribution in [1.29, 1.82) is 0 Å². The minimum atomic E-state index is -1.37. The van der Waals surface area contributed by atoms with Crippen molar-refractivity contribution in [2.24, 2.45) is 5.92 Å². The maximum Gasteiger partial charge on any atom is 0.330 e. The minimum Gasteiger partial charge on any atom is -0.496 e. The summed E-state index contributed by atoms with van der Waals surface area (Å²) >= 11 is 0. The molecule has 0 spiro atoms. The number of nitrogens with one attached hydrogen (secondary N) is 1. The topological polar surface area (TPSA) is 147 Å². The Balaban J connectivity index is 1.35. The molecule has 4 heterocycles. The number of pyridine rings is 1. The summed E-state index contributed by atoms with van der Waals surface area (Å²) in [6.45, 7) is 4.47. The van der Waals surface area contributed by atoms with E-state index in [2.05, 4.69) is 10.3 Å². The van der Waals surface area contributed by atoms with Crippen LogP contribution in [0.2, 0.25) is 0 Å². The SMILES string of the molecule is COc1ccc2c(O[C@@H]3C[C@H]4C(=O)N[C@]5(C(=O)O)C[C@H]5C=CCCCCN(C)C(=O)N4C3)nc(-c3cccc(C)n3)nc2c1C. The Kier molecular flexibility index (Phi) is 8.07. The molecule has 3 amide bonds. The van der Waals surface area contributed by atoms with Crippen LogP contribution >= 0.6 is 0 Å². The molecule has 236 valence electrons. The molecule has 2 aromatic heterocycles. The normalized spacial score (nSPS) is 25.3. The van der Waals surface area contributed by atoms with E-state index in [0.717, 1.165) is 30.5 Å². The average molecular weight is 615 g/mol. The lowest BCUT2D eigenvalue weighted by atomic mass is 10.1. The largest absolute Gasteiger partial charge is 0.496 e. The summed E-state index contributed by atoms with van der Waals surface area (Å²) in [4.78, 5) is 57.0. The number of carbonyl (C=O) groups is 3. The van der Waals surface area contributed by atoms with Crippen LogP contribution in [0.5, 0.6) is 11.6 Å². The highest BCUT2D eigenvalue weighted by Crippen LogP contribution is 2.45. The number of aromatic nitrogens is 3. The molecule has 1 saturated heterocycles. The van der Waals surface area contributed by atoms with Gasteiger partial charge in [-0.25, -0.2) is 19.6 Å². The summed E-state index contributed by atoms with van der Waals surface area (Å²) in [5.41, 5.74) is 1.47. The average Bonchev–Trinajstić information content (AvgIpc) is 3.56. The standard InChI is InChI=1S/C33H38N6O6/c1-19-10-9-12-24(34-19)28-35-27-20(2)26(44-4)14-13-23(27)30(36-28)45-22-16-25-29(40)37-33(31(41)42)17-21(33)11-7-5-6-8-15-38(3)32(43)39(25)18-22/h7,9-14,21-22,25H,5-6,8,15-18H2,1-4H3,(H,37,40)(H,41,42)/t21-,22-,25+,33-/m1/s1. The molecule has 1 saturated carbocycles. The van der Waals surface area contributed by atoms with Gasteiger partial charge in [0.1, 0.15) is 29.1 Å². The maximum absolute atomic E-state index is 13.7. The summed E-state index contributed by atoms with van der Waals surface area (Å²) in [5.74, 6) is -0.527. The fraction of sp³-hybridized carbons (Fsp3) is 0.455. The van der Waals surface area contributed by atoms with Crippen LogP contribution in [0.4, 0.5) is 4.79 Å². The van der Waals surface area contributed by atoms with Crippen LogP contribution in [-0.4, -0.2) is 92.7 Å². The lowest BCUT2D eigenvalue weighted by Crippen LogP contribution is -2.54. The molecule has 0 bridgehead atoms. The molecular weight excluding hydrogens is 576 g/mol. The Morgan fingerprint density at radius 1 is 1.11 bits per heavy atom. The lowest BCUT2D eigenvalue weighted by Gasteiger charge is -2.29. The van der Waals surface area contributed by atoms with E-state index < -0.39 is 29.6 Å². The second kappa shape index (κ2) is 12.0. The number of urea groups is 1. The van der Waals surface area contributed by atoms with Gasteiger partial charge in [0.15, 0.2) is 5.82 Å². The van der Waals surface area contributed by atoms with Crippen molar-refractivity contribution in [2.75, 3.05) is 27.2 Å². The quantitative estimate of drug-likeness (QED) is 0.409. The predicted octanol–water partition coefficient (Wildman–Crippen LogP) is 3.89. The van der Waals surface area contributed by atoms with Gasteiger partial charge in [-0.2, -0.15) is 4.98 Å². The first-order valence-corrected chi connectivity index (χ1v) is 15.3. The molecule has 1 aromatic carbocycles. The van der Waals surface area contributed by atoms with E-state index in [1.807, 2.05) is 56.3 Å². The summed E-state index contributed by atoms with van der Waals surface area (Å²) in [5, 5.41) is 13.5. The molecule has 2 aliphatic heterocycles. The molecule has 2 N–H and O–H groups in total. The van der Waals surface area contributed by atoms with Crippen molar-refractivity contribution in [3.63, 3.8) is 0 Å². The van der Waals surface area contributed by atoms with E-state index in [-0.39, 0.29) is 24.9 Å². The highest BCUT2D eigenvalue weighted by molar-refractivity contribution is 5.95. The van der Waals surface area contributed by atoms with Crippen LogP contribution < -0.4 is 14.8 Å². The number of ether oxygens (including phenoxy) is 2. The zero-order chi connectivity index (χ0) is 31.9. The van der Waals surface area contributed by atoms with Crippen molar-refractivity contribution in [2.45, 2.75) is 63.6 Å². The molecule has 45 heavy (non-hydrogen) atoms. The van der Waals surface area contributed by atoms with E-state index in [0.29, 0.717) is 47.0 Å². The second-order valence-electron chi connectivity index (χ2n) is 12.2. The zero-order valence-electron chi connectivity index (χ0n) is 25.9. The fourth-order valence-electron chi connectivity index (χ4n) is 6.33. The number of carboxylic acid groups (broad SMARTS) is 1. The molecule has 4 atom stereocenters. The van der Waals surface area contributed by atoms with Gasteiger partial charge in [0.25, 0.3) is 0 Å². The van der Waals surface area contributed by atoms with Gasteiger partial charge in [0, 0.05) is 37.2 Å². The number of hydrogen-bond donors (Lipinski definition) is 2. The van der Waals surface area contributed by atoms with Crippen LogP contribution in [0.1, 0.15) is 43.4 Å². The van der Waals surface area contributed by atoms with E-state index in [1.54, 1.807) is 19.1 Å². The number of allylic oxidation sites excluding steroid dienone is 1. The third-order valence-corrected chi connectivity index (χ3v) is 9.02. The Morgan fingerprint density at radius 2 is 1.93 bits per heavy atom. The number of benzene rings is 1. The Labute approximate surface area is 261 Å². The molecule has 12 heteroatoms. The zero-order valence-corrected chi connectivity index (χ0v) is 25.9. The van der Waals surface area contributed by atoms with Crippen LogP contribution in [-0.2, 0) is 9.59 Å². The van der Waals surface area contributed by atoms with Gasteiger partial charge in [-0.15, -0.1) is 0 Å². The van der Waals surface area contributed by atoms with E-state index in [1.165, 1.54) is 4.90 Å². The van der Waals surface area contributed by atoms with Crippen molar-refractivity contribution in [1.82, 2.24) is 30.1 Å². The lowest BCUT2D eigenvalue weighted by molar-refractivity contribution is -0.144. The van der Waals surface area contributed by atoms with Crippen LogP contribution in [0.3, 0.4) is 0 Å². The molecule has 12 nitrogen and oxygen atoms in total. The minimum absolute atomic E-state index is 0.128. The monoisotopic (exact) mass is 614 g/mol. The predicted molar refractivity (Wildman–Crippen MR) is 166 cm³/mol. The summed E-state index contributed by atoms with van der Waals surface area (Å²) in [6.07, 6.45) is 6.20. The van der Waals surface area contributed by atoms with E-state index >= 15 is 0 Å². The molecule has 1 aliphatic carbocycles. The first-order valence-electron chi connectivity index (χ1n) is 15.3. The van der Waals surface area contributed by atoms with Gasteiger partial charge in [-0.3, -0.25) is 4.79 Å². The molecule has 3 aliphatic rings. The third kappa shape index (κ3) is 5.76. The van der Waals surface area contributed by atoms with Gasteiger partial charge in [0.05, 0.1) is 24.6 Å². The van der Waals surface area contributed by atoms with Crippen molar-refractivity contribution in [3.05, 3.63) is 53.7 Å². The number of amides is 3. The molecule has 2 fully saturated rings. The van der Waals surface area contributed by atoms with Gasteiger partial charge < -0.3 is 29.7 Å². The molecule has 0 unspecified atom stereocenters.